The van der Waals surface area contributed by atoms with Crippen LogP contribution in [0.5, 0.6) is 0 Å². The number of fused-ring (bicyclic) bond motifs is 3. The Morgan fingerprint density at radius 3 is 2.71 bits per heavy atom. The van der Waals surface area contributed by atoms with Crippen molar-refractivity contribution in [3.05, 3.63) is 66.2 Å². The number of likely N-dealkylation sites (tertiary alicyclic amines) is 1. The van der Waals surface area contributed by atoms with E-state index in [1.54, 1.807) is 0 Å². The van der Waals surface area contributed by atoms with Crippen molar-refractivity contribution in [2.24, 2.45) is 5.92 Å². The molecule has 1 fully saturated rings. The van der Waals surface area contributed by atoms with Gasteiger partial charge in [-0.15, -0.1) is 0 Å². The standard InChI is InChI=1S/C24H27N5O2/c1-3-18-14-28(24(30)31-16-17-8-6-5-7-9-17)15-19(18)21-12-25-22-13-26-23-20(29(21)22)10-11-27(23)4-2/h5-13,18-19H,3-4,14-16H2,1-2H3/t18-,19+/m1/s1. The summed E-state index contributed by atoms with van der Waals surface area (Å²) in [4.78, 5) is 23.9. The van der Waals surface area contributed by atoms with Crippen molar-refractivity contribution in [1.82, 2.24) is 23.8 Å². The first-order chi connectivity index (χ1) is 15.2. The molecule has 0 spiro atoms. The summed E-state index contributed by atoms with van der Waals surface area (Å²) >= 11 is 0. The van der Waals surface area contributed by atoms with E-state index >= 15 is 0 Å². The van der Waals surface area contributed by atoms with Gasteiger partial charge in [0.15, 0.2) is 11.3 Å². The van der Waals surface area contributed by atoms with Crippen LogP contribution in [0.2, 0.25) is 0 Å². The molecule has 160 valence electrons. The van der Waals surface area contributed by atoms with Gasteiger partial charge in [0.25, 0.3) is 0 Å². The summed E-state index contributed by atoms with van der Waals surface area (Å²) in [5.41, 5.74) is 5.00. The Morgan fingerprint density at radius 2 is 1.94 bits per heavy atom. The quantitative estimate of drug-likeness (QED) is 0.481. The van der Waals surface area contributed by atoms with Crippen molar-refractivity contribution in [3.8, 4) is 0 Å². The van der Waals surface area contributed by atoms with Crippen LogP contribution in [0.15, 0.2) is 55.0 Å². The first-order valence-electron chi connectivity index (χ1n) is 11.0. The van der Waals surface area contributed by atoms with E-state index in [2.05, 4.69) is 45.0 Å². The van der Waals surface area contributed by atoms with Crippen LogP contribution in [-0.4, -0.2) is 43.0 Å². The Balaban J connectivity index is 1.41. The van der Waals surface area contributed by atoms with Gasteiger partial charge in [-0.3, -0.25) is 4.40 Å². The van der Waals surface area contributed by atoms with Gasteiger partial charge in [-0.05, 0) is 24.5 Å². The van der Waals surface area contributed by atoms with Crippen LogP contribution in [-0.2, 0) is 17.9 Å². The van der Waals surface area contributed by atoms with E-state index in [1.165, 1.54) is 0 Å². The van der Waals surface area contributed by atoms with Gasteiger partial charge in [-0.1, -0.05) is 43.7 Å². The minimum atomic E-state index is -0.248. The SMILES string of the molecule is CC[C@@H]1CN(C(=O)OCc2ccccc2)C[C@@H]1c1cnc2cnc3c(ccn3CC)n12. The maximum atomic E-state index is 12.8. The maximum Gasteiger partial charge on any atom is 0.410 e. The normalized spacial score (nSPS) is 18.8. The lowest BCUT2D eigenvalue weighted by molar-refractivity contribution is 0.103. The molecule has 7 nitrogen and oxygen atoms in total. The van der Waals surface area contributed by atoms with E-state index in [0.29, 0.717) is 25.6 Å². The van der Waals surface area contributed by atoms with Gasteiger partial charge in [0, 0.05) is 43.6 Å². The second-order valence-electron chi connectivity index (χ2n) is 8.17. The molecule has 2 atom stereocenters. The number of hydrogen-bond acceptors (Lipinski definition) is 4. The number of imidazole rings is 1. The maximum absolute atomic E-state index is 12.8. The Hall–Kier alpha value is -3.35. The first kappa shape index (κ1) is 19.6. The van der Waals surface area contributed by atoms with Crippen molar-refractivity contribution in [2.45, 2.75) is 39.3 Å². The second-order valence-corrected chi connectivity index (χ2v) is 8.17. The molecule has 7 heteroatoms. The second kappa shape index (κ2) is 8.06. The highest BCUT2D eigenvalue weighted by Crippen LogP contribution is 2.36. The van der Waals surface area contributed by atoms with E-state index in [9.17, 15) is 4.79 Å². The predicted molar refractivity (Wildman–Crippen MR) is 119 cm³/mol. The molecule has 4 aromatic rings. The summed E-state index contributed by atoms with van der Waals surface area (Å²) in [6, 6.07) is 11.9. The highest BCUT2D eigenvalue weighted by atomic mass is 16.6. The molecule has 0 radical (unpaired) electrons. The third-order valence-corrected chi connectivity index (χ3v) is 6.42. The fraction of sp³-hybridized carbons (Fsp3) is 0.375. The smallest absolute Gasteiger partial charge is 0.410 e. The number of ether oxygens (including phenoxy) is 1. The lowest BCUT2D eigenvalue weighted by Crippen LogP contribution is -2.29. The molecule has 3 aromatic heterocycles. The molecular weight excluding hydrogens is 390 g/mol. The van der Waals surface area contributed by atoms with Crippen LogP contribution in [0.3, 0.4) is 0 Å². The van der Waals surface area contributed by atoms with Gasteiger partial charge in [-0.2, -0.15) is 0 Å². The molecule has 0 saturated carbocycles. The molecule has 1 aromatic carbocycles. The Kier molecular flexibility index (Phi) is 5.10. The van der Waals surface area contributed by atoms with Crippen LogP contribution in [0.1, 0.15) is 37.4 Å². The lowest BCUT2D eigenvalue weighted by Gasteiger charge is -2.17. The molecular formula is C24H27N5O2. The summed E-state index contributed by atoms with van der Waals surface area (Å²) in [6.45, 7) is 6.80. The van der Waals surface area contributed by atoms with Crippen molar-refractivity contribution >= 4 is 22.9 Å². The van der Waals surface area contributed by atoms with Crippen LogP contribution in [0, 0.1) is 5.92 Å². The Morgan fingerprint density at radius 1 is 1.10 bits per heavy atom. The van der Waals surface area contributed by atoms with Gasteiger partial charge in [0.1, 0.15) is 6.61 Å². The molecule has 4 heterocycles. The van der Waals surface area contributed by atoms with Gasteiger partial charge in [0.2, 0.25) is 0 Å². The fourth-order valence-corrected chi connectivity index (χ4v) is 4.72. The molecule has 1 aliphatic rings. The molecule has 1 amide bonds. The number of aromatic nitrogens is 4. The van der Waals surface area contributed by atoms with Gasteiger partial charge < -0.3 is 14.2 Å². The van der Waals surface area contributed by atoms with Crippen molar-refractivity contribution in [2.75, 3.05) is 13.1 Å². The van der Waals surface area contributed by atoms with Crippen LogP contribution in [0.25, 0.3) is 16.8 Å². The number of benzene rings is 1. The molecule has 0 unspecified atom stereocenters. The minimum Gasteiger partial charge on any atom is -0.445 e. The average molecular weight is 418 g/mol. The number of carbonyl (C=O) groups is 1. The average Bonchev–Trinajstić information content (AvgIpc) is 3.53. The summed E-state index contributed by atoms with van der Waals surface area (Å²) in [7, 11) is 0. The first-order valence-corrected chi connectivity index (χ1v) is 11.0. The summed E-state index contributed by atoms with van der Waals surface area (Å²) in [5, 5.41) is 0. The highest BCUT2D eigenvalue weighted by molar-refractivity contribution is 5.76. The number of nitrogens with zero attached hydrogens (tertiary/aromatic N) is 5. The molecule has 0 bridgehead atoms. The number of amides is 1. The largest absolute Gasteiger partial charge is 0.445 e. The van der Waals surface area contributed by atoms with Crippen LogP contribution >= 0.6 is 0 Å². The number of aryl methyl sites for hydroxylation is 1. The fourth-order valence-electron chi connectivity index (χ4n) is 4.72. The molecule has 0 N–H and O–H groups in total. The Labute approximate surface area is 181 Å². The Bertz CT molecular complexity index is 1210. The van der Waals surface area contributed by atoms with Crippen molar-refractivity contribution < 1.29 is 9.53 Å². The van der Waals surface area contributed by atoms with Gasteiger partial charge in [-0.25, -0.2) is 14.8 Å². The van der Waals surface area contributed by atoms with Crippen LogP contribution in [0.4, 0.5) is 4.79 Å². The monoisotopic (exact) mass is 417 g/mol. The zero-order chi connectivity index (χ0) is 21.4. The van der Waals surface area contributed by atoms with E-state index < -0.39 is 0 Å². The van der Waals surface area contributed by atoms with Crippen LogP contribution < -0.4 is 0 Å². The van der Waals surface area contributed by atoms with Crippen molar-refractivity contribution in [3.63, 3.8) is 0 Å². The molecule has 0 aliphatic carbocycles. The van der Waals surface area contributed by atoms with Gasteiger partial charge in [0.05, 0.1) is 11.7 Å². The zero-order valence-corrected chi connectivity index (χ0v) is 17.9. The molecule has 31 heavy (non-hydrogen) atoms. The van der Waals surface area contributed by atoms with E-state index in [4.69, 9.17) is 4.74 Å². The number of hydrogen-bond donors (Lipinski definition) is 0. The van der Waals surface area contributed by atoms with E-state index in [-0.39, 0.29) is 12.0 Å². The third-order valence-electron chi connectivity index (χ3n) is 6.42. The van der Waals surface area contributed by atoms with Gasteiger partial charge >= 0.3 is 6.09 Å². The van der Waals surface area contributed by atoms with Crippen molar-refractivity contribution in [1.29, 1.82) is 0 Å². The molecule has 1 aliphatic heterocycles. The lowest BCUT2D eigenvalue weighted by atomic mass is 9.91. The molecule has 1 saturated heterocycles. The summed E-state index contributed by atoms with van der Waals surface area (Å²) in [6.07, 6.45) is 6.60. The number of rotatable bonds is 5. The van der Waals surface area contributed by atoms with E-state index in [1.807, 2.05) is 47.6 Å². The predicted octanol–water partition coefficient (Wildman–Crippen LogP) is 4.47. The minimum absolute atomic E-state index is 0.208. The van der Waals surface area contributed by atoms with E-state index in [0.717, 1.165) is 41.0 Å². The topological polar surface area (TPSA) is 64.7 Å². The summed E-state index contributed by atoms with van der Waals surface area (Å²) < 4.78 is 9.94. The summed E-state index contributed by atoms with van der Waals surface area (Å²) in [5.74, 6) is 0.570. The highest BCUT2D eigenvalue weighted by Gasteiger charge is 2.37. The molecule has 5 rings (SSSR count). The zero-order valence-electron chi connectivity index (χ0n) is 17.9. The number of carbonyl (C=O) groups excluding carboxylic acids is 1. The third kappa shape index (κ3) is 3.44.